The lowest BCUT2D eigenvalue weighted by Crippen LogP contribution is -2.50. The number of likely N-dealkylation sites (tertiary alicyclic amines) is 1. The van der Waals surface area contributed by atoms with E-state index in [4.69, 9.17) is 4.74 Å². The van der Waals surface area contributed by atoms with Crippen molar-refractivity contribution in [1.29, 1.82) is 0 Å². The molecule has 3 atom stereocenters. The molecule has 3 unspecified atom stereocenters. The summed E-state index contributed by atoms with van der Waals surface area (Å²) in [6.45, 7) is 10.1. The Labute approximate surface area is 140 Å². The molecule has 0 radical (unpaired) electrons. The van der Waals surface area contributed by atoms with Crippen molar-refractivity contribution in [3.63, 3.8) is 0 Å². The lowest BCUT2D eigenvalue weighted by molar-refractivity contribution is -0.122. The van der Waals surface area contributed by atoms with Crippen LogP contribution < -0.4 is 10.6 Å². The summed E-state index contributed by atoms with van der Waals surface area (Å²) in [5.41, 5.74) is 0. The van der Waals surface area contributed by atoms with Crippen molar-refractivity contribution in [1.82, 2.24) is 15.5 Å². The van der Waals surface area contributed by atoms with Gasteiger partial charge in [0.1, 0.15) is 0 Å². The second kappa shape index (κ2) is 9.88. The van der Waals surface area contributed by atoms with E-state index in [0.29, 0.717) is 24.5 Å². The lowest BCUT2D eigenvalue weighted by Gasteiger charge is -2.32. The Kier molecular flexibility index (Phi) is 8.55. The summed E-state index contributed by atoms with van der Waals surface area (Å²) in [6, 6.07) is -0.180. The number of urea groups is 1. The molecule has 6 heteroatoms. The highest BCUT2D eigenvalue weighted by molar-refractivity contribution is 5.95. The van der Waals surface area contributed by atoms with Crippen molar-refractivity contribution < 1.29 is 14.3 Å². The highest BCUT2D eigenvalue weighted by Crippen LogP contribution is 2.25. The molecule has 6 nitrogen and oxygen atoms in total. The summed E-state index contributed by atoms with van der Waals surface area (Å²) < 4.78 is 4.96. The molecule has 23 heavy (non-hydrogen) atoms. The second-order valence-corrected chi connectivity index (χ2v) is 7.13. The van der Waals surface area contributed by atoms with Gasteiger partial charge in [-0.3, -0.25) is 15.0 Å². The average molecular weight is 327 g/mol. The molecular weight excluding hydrogens is 294 g/mol. The first kappa shape index (κ1) is 19.9. The fourth-order valence-electron chi connectivity index (χ4n) is 3.19. The number of methoxy groups -OCH3 is 1. The molecule has 1 aliphatic rings. The third-order valence-electron chi connectivity index (χ3n) is 4.50. The fourth-order valence-corrected chi connectivity index (χ4v) is 3.19. The molecule has 1 rings (SSSR count). The van der Waals surface area contributed by atoms with E-state index in [2.05, 4.69) is 36.3 Å². The van der Waals surface area contributed by atoms with Gasteiger partial charge in [-0.15, -0.1) is 0 Å². The van der Waals surface area contributed by atoms with Gasteiger partial charge in [0.05, 0.1) is 19.2 Å². The third-order valence-corrected chi connectivity index (χ3v) is 4.50. The number of nitrogens with one attached hydrogen (secondary N) is 2. The van der Waals surface area contributed by atoms with Gasteiger partial charge in [-0.05, 0) is 44.6 Å². The quantitative estimate of drug-likeness (QED) is 0.783. The minimum absolute atomic E-state index is 0.129. The standard InChI is InChI=1S/C17H33N3O3/c1-12(2)15-7-6-13(3)8-9-20(15)10-16(21)19-17(22)18-14(4)11-23-5/h12-15H,6-11H2,1-5H3,(H2,18,19,21,22). The summed E-state index contributed by atoms with van der Waals surface area (Å²) in [5, 5.41) is 5.11. The monoisotopic (exact) mass is 327 g/mol. The van der Waals surface area contributed by atoms with Crippen LogP contribution in [0.1, 0.15) is 47.0 Å². The molecule has 0 bridgehead atoms. The van der Waals surface area contributed by atoms with Crippen LogP contribution >= 0.6 is 0 Å². The summed E-state index contributed by atoms with van der Waals surface area (Å²) in [6.07, 6.45) is 3.42. The van der Waals surface area contributed by atoms with E-state index < -0.39 is 6.03 Å². The maximum absolute atomic E-state index is 12.2. The number of nitrogens with zero attached hydrogens (tertiary/aromatic N) is 1. The summed E-state index contributed by atoms with van der Waals surface area (Å²) in [5.74, 6) is 0.957. The highest BCUT2D eigenvalue weighted by Gasteiger charge is 2.27. The van der Waals surface area contributed by atoms with Gasteiger partial charge in [0.15, 0.2) is 0 Å². The van der Waals surface area contributed by atoms with E-state index in [1.54, 1.807) is 7.11 Å². The van der Waals surface area contributed by atoms with Gasteiger partial charge in [-0.2, -0.15) is 0 Å². The predicted molar refractivity (Wildman–Crippen MR) is 91.2 cm³/mol. The van der Waals surface area contributed by atoms with Crippen LogP contribution in [0.4, 0.5) is 4.79 Å². The lowest BCUT2D eigenvalue weighted by atomic mass is 9.95. The van der Waals surface area contributed by atoms with Gasteiger partial charge < -0.3 is 10.1 Å². The van der Waals surface area contributed by atoms with E-state index >= 15 is 0 Å². The Morgan fingerprint density at radius 2 is 1.91 bits per heavy atom. The second-order valence-electron chi connectivity index (χ2n) is 7.13. The zero-order valence-corrected chi connectivity index (χ0v) is 15.2. The van der Waals surface area contributed by atoms with Gasteiger partial charge in [-0.1, -0.05) is 20.8 Å². The number of carbonyl (C=O) groups excluding carboxylic acids is 2. The van der Waals surface area contributed by atoms with Gasteiger partial charge in [0.2, 0.25) is 5.91 Å². The van der Waals surface area contributed by atoms with Crippen LogP contribution in [0, 0.1) is 11.8 Å². The molecule has 0 aromatic heterocycles. The Morgan fingerprint density at radius 3 is 2.52 bits per heavy atom. The summed E-state index contributed by atoms with van der Waals surface area (Å²) in [4.78, 5) is 26.2. The van der Waals surface area contributed by atoms with E-state index in [1.165, 1.54) is 6.42 Å². The van der Waals surface area contributed by atoms with E-state index in [-0.39, 0.29) is 18.5 Å². The molecule has 1 saturated heterocycles. The Hall–Kier alpha value is -1.14. The van der Waals surface area contributed by atoms with Gasteiger partial charge in [0, 0.05) is 13.2 Å². The molecule has 1 fully saturated rings. The number of hydrogen-bond donors (Lipinski definition) is 2. The number of carbonyl (C=O) groups is 2. The maximum atomic E-state index is 12.2. The summed E-state index contributed by atoms with van der Waals surface area (Å²) in [7, 11) is 1.58. The van der Waals surface area contributed by atoms with Crippen LogP contribution in [0.3, 0.4) is 0 Å². The van der Waals surface area contributed by atoms with Crippen LogP contribution in [0.5, 0.6) is 0 Å². The van der Waals surface area contributed by atoms with Crippen molar-refractivity contribution in [2.45, 2.75) is 59.0 Å². The molecule has 0 spiro atoms. The minimum Gasteiger partial charge on any atom is -0.383 e. The number of hydrogen-bond acceptors (Lipinski definition) is 4. The van der Waals surface area contributed by atoms with Crippen LogP contribution in [0.15, 0.2) is 0 Å². The van der Waals surface area contributed by atoms with E-state index in [0.717, 1.165) is 19.4 Å². The van der Waals surface area contributed by atoms with Gasteiger partial charge >= 0.3 is 6.03 Å². The first-order chi connectivity index (χ1) is 10.8. The normalized spacial score (nSPS) is 24.1. The molecule has 134 valence electrons. The SMILES string of the molecule is COCC(C)NC(=O)NC(=O)CN1CCC(C)CCC1C(C)C. The zero-order chi connectivity index (χ0) is 17.4. The van der Waals surface area contributed by atoms with Crippen molar-refractivity contribution in [3.05, 3.63) is 0 Å². The average Bonchev–Trinajstić information content (AvgIpc) is 2.61. The Balaban J connectivity index is 2.51. The Morgan fingerprint density at radius 1 is 1.22 bits per heavy atom. The zero-order valence-electron chi connectivity index (χ0n) is 15.2. The van der Waals surface area contributed by atoms with Crippen LogP contribution in [0.25, 0.3) is 0 Å². The smallest absolute Gasteiger partial charge is 0.321 e. The van der Waals surface area contributed by atoms with Crippen LogP contribution in [-0.2, 0) is 9.53 Å². The molecule has 0 saturated carbocycles. The maximum Gasteiger partial charge on any atom is 0.321 e. The van der Waals surface area contributed by atoms with E-state index in [9.17, 15) is 9.59 Å². The molecule has 1 aliphatic heterocycles. The molecule has 3 amide bonds. The fraction of sp³-hybridized carbons (Fsp3) is 0.882. The molecule has 0 aliphatic carbocycles. The number of imide groups is 1. The highest BCUT2D eigenvalue weighted by atomic mass is 16.5. The third kappa shape index (κ3) is 7.31. The van der Waals surface area contributed by atoms with Crippen molar-refractivity contribution in [3.8, 4) is 0 Å². The number of amides is 3. The molecule has 0 aromatic carbocycles. The Bertz CT molecular complexity index is 387. The molecule has 2 N–H and O–H groups in total. The van der Waals surface area contributed by atoms with Gasteiger partial charge in [0.25, 0.3) is 0 Å². The van der Waals surface area contributed by atoms with Gasteiger partial charge in [-0.25, -0.2) is 4.79 Å². The van der Waals surface area contributed by atoms with Crippen molar-refractivity contribution >= 4 is 11.9 Å². The van der Waals surface area contributed by atoms with Crippen molar-refractivity contribution in [2.75, 3.05) is 26.8 Å². The molecule has 0 aromatic rings. The van der Waals surface area contributed by atoms with E-state index in [1.807, 2.05) is 6.92 Å². The largest absolute Gasteiger partial charge is 0.383 e. The number of rotatable bonds is 6. The predicted octanol–water partition coefficient (Wildman–Crippen LogP) is 1.99. The molecular formula is C17H33N3O3. The van der Waals surface area contributed by atoms with Crippen molar-refractivity contribution in [2.24, 2.45) is 11.8 Å². The first-order valence-electron chi connectivity index (χ1n) is 8.66. The van der Waals surface area contributed by atoms with Crippen LogP contribution in [-0.4, -0.2) is 55.7 Å². The summed E-state index contributed by atoms with van der Waals surface area (Å²) >= 11 is 0. The number of ether oxygens (including phenoxy) is 1. The molecule has 1 heterocycles. The minimum atomic E-state index is -0.455. The topological polar surface area (TPSA) is 70.7 Å². The van der Waals surface area contributed by atoms with Crippen LogP contribution in [0.2, 0.25) is 0 Å². The first-order valence-corrected chi connectivity index (χ1v) is 8.66.